The third-order valence-corrected chi connectivity index (χ3v) is 2.03. The van der Waals surface area contributed by atoms with E-state index in [2.05, 4.69) is 4.90 Å². The van der Waals surface area contributed by atoms with Crippen LogP contribution >= 0.6 is 0 Å². The Bertz CT molecular complexity index is 137. The van der Waals surface area contributed by atoms with Gasteiger partial charge in [0.1, 0.15) is 5.84 Å². The molecule has 0 atom stereocenters. The van der Waals surface area contributed by atoms with Gasteiger partial charge in [-0.3, -0.25) is 10.3 Å². The topological polar surface area (TPSA) is 79.1 Å². The zero-order valence-corrected chi connectivity index (χ0v) is 6.71. The van der Waals surface area contributed by atoms with Crippen LogP contribution in [0, 0.1) is 5.41 Å². The summed E-state index contributed by atoms with van der Waals surface area (Å²) in [7, 11) is 0. The summed E-state index contributed by atoms with van der Waals surface area (Å²) in [6.07, 6.45) is 2.07. The molecule has 1 saturated heterocycles. The Morgan fingerprint density at radius 3 is 2.45 bits per heavy atom. The van der Waals surface area contributed by atoms with Crippen molar-refractivity contribution in [1.82, 2.24) is 4.90 Å². The molecular weight excluding hydrogens is 140 g/mol. The Morgan fingerprint density at radius 1 is 1.45 bits per heavy atom. The summed E-state index contributed by atoms with van der Waals surface area (Å²) < 4.78 is 0. The lowest BCUT2D eigenvalue weighted by Gasteiger charge is -2.29. The van der Waals surface area contributed by atoms with Gasteiger partial charge in [0.25, 0.3) is 0 Å². The molecule has 0 aliphatic carbocycles. The van der Waals surface area contributed by atoms with Gasteiger partial charge in [-0.05, 0) is 12.8 Å². The van der Waals surface area contributed by atoms with E-state index in [0.29, 0.717) is 12.6 Å². The van der Waals surface area contributed by atoms with E-state index in [1.54, 1.807) is 0 Å². The lowest BCUT2D eigenvalue weighted by atomic mass is 10.1. The van der Waals surface area contributed by atoms with Crippen molar-refractivity contribution in [1.29, 1.82) is 5.41 Å². The van der Waals surface area contributed by atoms with E-state index in [-0.39, 0.29) is 5.84 Å². The molecule has 64 valence electrons. The fraction of sp³-hybridized carbons (Fsp3) is 0.857. The summed E-state index contributed by atoms with van der Waals surface area (Å²) in [5.74, 6) is 0.250. The molecule has 1 aliphatic rings. The first-order valence-corrected chi connectivity index (χ1v) is 3.99. The van der Waals surface area contributed by atoms with Crippen LogP contribution in [0.3, 0.4) is 0 Å². The number of amidine groups is 1. The standard InChI is InChI=1S/C7H16N4/c8-6-1-3-11(4-2-6)5-7(9)10/h6H,1-5,8H2,(H3,9,10). The molecule has 1 rings (SSSR count). The van der Waals surface area contributed by atoms with Crippen LogP contribution in [0.25, 0.3) is 0 Å². The van der Waals surface area contributed by atoms with Crippen molar-refractivity contribution >= 4 is 5.84 Å². The third kappa shape index (κ3) is 2.86. The number of nitrogens with zero attached hydrogens (tertiary/aromatic N) is 1. The summed E-state index contributed by atoms with van der Waals surface area (Å²) >= 11 is 0. The van der Waals surface area contributed by atoms with Gasteiger partial charge in [0.15, 0.2) is 0 Å². The summed E-state index contributed by atoms with van der Waals surface area (Å²) in [4.78, 5) is 2.17. The molecule has 5 N–H and O–H groups in total. The van der Waals surface area contributed by atoms with Gasteiger partial charge in [0, 0.05) is 19.1 Å². The molecule has 0 aromatic carbocycles. The molecule has 0 radical (unpaired) electrons. The summed E-state index contributed by atoms with van der Waals surface area (Å²) in [6.45, 7) is 2.58. The Morgan fingerprint density at radius 2 is 2.00 bits per heavy atom. The summed E-state index contributed by atoms with van der Waals surface area (Å²) in [5.41, 5.74) is 11.0. The maximum absolute atomic E-state index is 7.09. The molecule has 1 fully saturated rings. The van der Waals surface area contributed by atoms with Gasteiger partial charge in [-0.25, -0.2) is 0 Å². The smallest absolute Gasteiger partial charge is 0.105 e. The number of hydrogen-bond donors (Lipinski definition) is 3. The average molecular weight is 156 g/mol. The highest BCUT2D eigenvalue weighted by atomic mass is 15.1. The van der Waals surface area contributed by atoms with Crippen LogP contribution in [-0.2, 0) is 0 Å². The monoisotopic (exact) mass is 156 g/mol. The normalized spacial score (nSPS) is 21.9. The minimum Gasteiger partial charge on any atom is -0.387 e. The molecule has 0 unspecified atom stereocenters. The van der Waals surface area contributed by atoms with Crippen molar-refractivity contribution in [3.63, 3.8) is 0 Å². The Hall–Kier alpha value is -0.610. The van der Waals surface area contributed by atoms with E-state index in [1.165, 1.54) is 0 Å². The van der Waals surface area contributed by atoms with Crippen molar-refractivity contribution in [2.45, 2.75) is 18.9 Å². The van der Waals surface area contributed by atoms with Gasteiger partial charge in [0.2, 0.25) is 0 Å². The van der Waals surface area contributed by atoms with E-state index in [4.69, 9.17) is 16.9 Å². The van der Waals surface area contributed by atoms with E-state index in [0.717, 1.165) is 25.9 Å². The molecule has 0 bridgehead atoms. The van der Waals surface area contributed by atoms with Crippen LogP contribution in [0.5, 0.6) is 0 Å². The second-order valence-corrected chi connectivity index (χ2v) is 3.14. The number of rotatable bonds is 2. The lowest BCUT2D eigenvalue weighted by molar-refractivity contribution is 0.239. The molecule has 4 heteroatoms. The van der Waals surface area contributed by atoms with Crippen LogP contribution < -0.4 is 11.5 Å². The first-order chi connectivity index (χ1) is 5.18. The molecule has 0 spiro atoms. The number of likely N-dealkylation sites (tertiary alicyclic amines) is 1. The van der Waals surface area contributed by atoms with Gasteiger partial charge in [-0.15, -0.1) is 0 Å². The fourth-order valence-corrected chi connectivity index (χ4v) is 1.35. The second-order valence-electron chi connectivity index (χ2n) is 3.14. The Balaban J connectivity index is 2.22. The van der Waals surface area contributed by atoms with Crippen molar-refractivity contribution < 1.29 is 0 Å². The predicted octanol–water partition coefficient (Wildman–Crippen LogP) is -0.655. The van der Waals surface area contributed by atoms with Gasteiger partial charge < -0.3 is 11.5 Å². The summed E-state index contributed by atoms with van der Waals surface area (Å²) in [5, 5.41) is 7.09. The third-order valence-electron chi connectivity index (χ3n) is 2.03. The van der Waals surface area contributed by atoms with Gasteiger partial charge in [0.05, 0.1) is 6.54 Å². The van der Waals surface area contributed by atoms with Crippen LogP contribution in [0.4, 0.5) is 0 Å². The second kappa shape index (κ2) is 3.69. The highest BCUT2D eigenvalue weighted by Gasteiger charge is 2.15. The molecule has 0 saturated carbocycles. The molecule has 0 aromatic heterocycles. The van der Waals surface area contributed by atoms with E-state index in [9.17, 15) is 0 Å². The minimum atomic E-state index is 0.250. The molecule has 11 heavy (non-hydrogen) atoms. The van der Waals surface area contributed by atoms with E-state index >= 15 is 0 Å². The lowest BCUT2D eigenvalue weighted by Crippen LogP contribution is -2.43. The van der Waals surface area contributed by atoms with Crippen molar-refractivity contribution in [2.24, 2.45) is 11.5 Å². The van der Waals surface area contributed by atoms with Crippen LogP contribution in [0.2, 0.25) is 0 Å². The average Bonchev–Trinajstić information content (AvgIpc) is 1.93. The fourth-order valence-electron chi connectivity index (χ4n) is 1.35. The molecular formula is C7H16N4. The molecule has 1 aliphatic heterocycles. The zero-order valence-electron chi connectivity index (χ0n) is 6.71. The van der Waals surface area contributed by atoms with Gasteiger partial charge >= 0.3 is 0 Å². The zero-order chi connectivity index (χ0) is 8.27. The molecule has 0 aromatic rings. The number of nitrogens with two attached hydrogens (primary N) is 2. The maximum atomic E-state index is 7.09. The van der Waals surface area contributed by atoms with Gasteiger partial charge in [-0.2, -0.15) is 0 Å². The van der Waals surface area contributed by atoms with Gasteiger partial charge in [-0.1, -0.05) is 0 Å². The van der Waals surface area contributed by atoms with E-state index < -0.39 is 0 Å². The van der Waals surface area contributed by atoms with Crippen molar-refractivity contribution in [2.75, 3.05) is 19.6 Å². The maximum Gasteiger partial charge on any atom is 0.105 e. The molecule has 4 nitrogen and oxygen atoms in total. The highest BCUT2D eigenvalue weighted by Crippen LogP contribution is 2.06. The Labute approximate surface area is 67.0 Å². The minimum absolute atomic E-state index is 0.250. The molecule has 1 heterocycles. The van der Waals surface area contributed by atoms with E-state index in [1.807, 2.05) is 0 Å². The van der Waals surface area contributed by atoms with Crippen molar-refractivity contribution in [3.8, 4) is 0 Å². The largest absolute Gasteiger partial charge is 0.387 e. The number of hydrogen-bond acceptors (Lipinski definition) is 3. The summed E-state index contributed by atoms with van der Waals surface area (Å²) in [6, 6.07) is 0.359. The SMILES string of the molecule is N=C(N)CN1CCC(N)CC1. The van der Waals surface area contributed by atoms with Crippen molar-refractivity contribution in [3.05, 3.63) is 0 Å². The quantitative estimate of drug-likeness (QED) is 0.367. The first-order valence-electron chi connectivity index (χ1n) is 3.99. The van der Waals surface area contributed by atoms with Crippen LogP contribution in [0.1, 0.15) is 12.8 Å². The highest BCUT2D eigenvalue weighted by molar-refractivity contribution is 5.78. The predicted molar refractivity (Wildman–Crippen MR) is 45.6 cm³/mol. The Kier molecular flexibility index (Phi) is 2.84. The van der Waals surface area contributed by atoms with Crippen LogP contribution in [0.15, 0.2) is 0 Å². The molecule has 0 amide bonds. The number of piperidine rings is 1. The first kappa shape index (κ1) is 8.49. The van der Waals surface area contributed by atoms with Crippen LogP contribution in [-0.4, -0.2) is 36.4 Å². The number of nitrogens with one attached hydrogen (secondary N) is 1.